The van der Waals surface area contributed by atoms with Gasteiger partial charge in [0, 0.05) is 99.5 Å². The number of carbonyl (C=O) groups excluding carboxylic acids is 6. The van der Waals surface area contributed by atoms with Crippen molar-refractivity contribution in [1.29, 1.82) is 0 Å². The molecule has 0 bridgehead atoms. The van der Waals surface area contributed by atoms with Crippen molar-refractivity contribution in [2.45, 2.75) is 213 Å². The molecule has 3 aromatic rings. The molecule has 40 nitrogen and oxygen atoms in total. The number of amidine groups is 3. The van der Waals surface area contributed by atoms with Crippen molar-refractivity contribution >= 4 is 168 Å². The average molecular weight is 1860 g/mol. The monoisotopic (exact) mass is 1860 g/mol. The summed E-state index contributed by atoms with van der Waals surface area (Å²) in [5.41, 5.74) is 7.35. The van der Waals surface area contributed by atoms with Gasteiger partial charge in [-0.1, -0.05) is 58.1 Å². The van der Waals surface area contributed by atoms with Crippen molar-refractivity contribution in [1.82, 2.24) is 54.9 Å². The summed E-state index contributed by atoms with van der Waals surface area (Å²) in [5, 5.41) is 52.1. The molecule has 0 radical (unpaired) electrons. The molecule has 12 aliphatic rings. The third-order valence-corrected chi connectivity index (χ3v) is 31.5. The maximum atomic E-state index is 13.9. The molecular weight excluding hydrogens is 1760 g/mol. The quantitative estimate of drug-likeness (QED) is 0.0208. The van der Waals surface area contributed by atoms with Crippen molar-refractivity contribution in [3.8, 4) is 0 Å². The number of barbiturate groups is 1. The molecule has 7 fully saturated rings. The number of thiophene rings is 3. The first kappa shape index (κ1) is 95.2. The van der Waals surface area contributed by atoms with Crippen molar-refractivity contribution < 1.29 is 104 Å². The Morgan fingerprint density at radius 2 is 1.02 bits per heavy atom. The number of anilines is 3. The van der Waals surface area contributed by atoms with Crippen molar-refractivity contribution in [2.75, 3.05) is 68.5 Å². The fourth-order valence-corrected chi connectivity index (χ4v) is 24.7. The second-order valence-corrected chi connectivity index (χ2v) is 43.3. The Labute approximate surface area is 715 Å². The summed E-state index contributed by atoms with van der Waals surface area (Å²) in [7, 11) is -20.4. The minimum Gasteiger partial charge on any atom is -0.511 e. The smallest absolute Gasteiger partial charge is 0.332 e. The lowest BCUT2D eigenvalue weighted by atomic mass is 9.89. The van der Waals surface area contributed by atoms with Crippen LogP contribution in [0.25, 0.3) is 0 Å². The van der Waals surface area contributed by atoms with Crippen LogP contribution in [0.4, 0.5) is 19.8 Å². The Balaban J connectivity index is 0.000000166. The maximum absolute atomic E-state index is 13.9. The van der Waals surface area contributed by atoms with Crippen LogP contribution >= 0.6 is 34.0 Å². The zero-order valence-electron chi connectivity index (χ0n) is 66.6. The number of hydrazine groups is 3. The predicted octanol–water partition coefficient (Wildman–Crippen LogP) is 5.39. The van der Waals surface area contributed by atoms with E-state index in [-0.39, 0.29) is 174 Å². The first-order valence-electron chi connectivity index (χ1n) is 38.7. The Hall–Kier alpha value is -8.02. The van der Waals surface area contributed by atoms with Gasteiger partial charge in [0.2, 0.25) is 41.9 Å². The molecule has 668 valence electrons. The van der Waals surface area contributed by atoms with Crippen molar-refractivity contribution in [2.24, 2.45) is 30.9 Å². The lowest BCUT2D eigenvalue weighted by Crippen LogP contribution is -2.61. The van der Waals surface area contributed by atoms with Gasteiger partial charge >= 0.3 is 18.0 Å². The molecule has 11 N–H and O–H groups in total. The molecule has 3 aromatic heterocycles. The largest absolute Gasteiger partial charge is 0.511 e. The summed E-state index contributed by atoms with van der Waals surface area (Å²) in [5.74, 6) is -4.55. The van der Waals surface area contributed by atoms with E-state index < -0.39 is 102 Å². The number of hydrogen-bond donors (Lipinski definition) is 11. The first-order valence-corrected chi connectivity index (χ1v) is 51.3. The molecule has 9 heterocycles. The van der Waals surface area contributed by atoms with Crippen LogP contribution in [0.3, 0.4) is 0 Å². The number of imide groups is 2. The Bertz CT molecular complexity index is 5420. The first-order chi connectivity index (χ1) is 56.4. The normalized spacial score (nSPS) is 24.0. The molecule has 1 saturated heterocycles. The standard InChI is InChI=1S/C22H29N5O6S3.C19H25N5O6S3.C15H26N2O2.C9H11N3O6S3.C6H8N2O3.CH4/c1-3-10-26(14-6-4-7-14)27-16-9-5-8-15(16)18(28)17(22(27)29)20-24-21-19(36(32,33)25-20)13(12-34-21)11-23-35(2,30)31;1-32(27,28)20-8-10-9-31-18-16(10)33(29,30)23-17(21-18)14-15(25)12-6-3-7-13(12)24(19(14)26)22-11-4-2-5-11;1-3-11-17(12-7-5-8-12)16-14-10-6-9-13(14)15(18)19-4-2;1-20(15,16)10-3-5-4-19-9-8(5)21(17,18)12-6(11-9)2-7(13)14;1-7-4(9)3-5(10)8(2)6(7)11;/h3,12,14-16,23,28H,1,4-11H2,2H3,(H,24,25);9,11-13,20,22,25H,2-8H2,1H3,(H,21,23);3,12-14,16H,1,4-11H2,2H3;4,10H,2-3H2,1H3,(H,11,12)(H,13,14);3H2,1-2H3;1H4. The zero-order chi connectivity index (χ0) is 87.5. The Kier molecular flexibility index (Phi) is 30.7. The van der Waals surface area contributed by atoms with Gasteiger partial charge in [0.05, 0.1) is 43.4 Å². The highest BCUT2D eigenvalue weighted by Gasteiger charge is 2.52. The van der Waals surface area contributed by atoms with E-state index in [1.165, 1.54) is 49.5 Å². The van der Waals surface area contributed by atoms with Crippen molar-refractivity contribution in [3.05, 3.63) is 80.8 Å². The van der Waals surface area contributed by atoms with Gasteiger partial charge in [-0.25, -0.2) is 59.7 Å². The Morgan fingerprint density at radius 3 is 1.45 bits per heavy atom. The van der Waals surface area contributed by atoms with E-state index in [9.17, 15) is 94.3 Å². The van der Waals surface area contributed by atoms with Crippen LogP contribution in [0.5, 0.6) is 0 Å². The number of aliphatic hydroxyl groups excluding tert-OH is 2. The topological polar surface area (TPSA) is 547 Å². The van der Waals surface area contributed by atoms with E-state index in [4.69, 9.17) is 9.84 Å². The van der Waals surface area contributed by atoms with E-state index in [0.29, 0.717) is 32.0 Å². The van der Waals surface area contributed by atoms with Crippen LogP contribution in [-0.2, 0) is 113 Å². The number of fused-ring (bicyclic) bond motifs is 5. The number of rotatable bonds is 26. The van der Waals surface area contributed by atoms with Gasteiger partial charge in [0.15, 0.2) is 11.7 Å². The lowest BCUT2D eigenvalue weighted by Gasteiger charge is -2.49. The number of ether oxygens (including phenoxy) is 1. The number of carboxylic acids is 1. The highest BCUT2D eigenvalue weighted by Crippen LogP contribution is 2.47. The molecule has 49 heteroatoms. The number of nitrogens with zero attached hydrogens (tertiary/aromatic N) is 9. The molecule has 6 unspecified atom stereocenters. The summed E-state index contributed by atoms with van der Waals surface area (Å²) >= 11 is 3.17. The minimum atomic E-state index is -4.27. The van der Waals surface area contributed by atoms with Gasteiger partial charge in [-0.3, -0.25) is 54.0 Å². The molecule has 121 heavy (non-hydrogen) atoms. The van der Waals surface area contributed by atoms with Crippen LogP contribution in [0, 0.1) is 17.8 Å². The second kappa shape index (κ2) is 39.0. The summed E-state index contributed by atoms with van der Waals surface area (Å²) < 4.78 is 168. The molecule has 6 aliphatic carbocycles. The molecule has 6 saturated carbocycles. The number of esters is 1. The summed E-state index contributed by atoms with van der Waals surface area (Å²) in [6, 6.07) is 0.290. The number of aliphatic carboxylic acids is 1. The number of nitrogens with one attached hydrogen (secondary N) is 8. The third-order valence-electron chi connectivity index (χ3n) is 22.1. The van der Waals surface area contributed by atoms with Gasteiger partial charge in [0.1, 0.15) is 71.0 Å². The van der Waals surface area contributed by atoms with E-state index in [2.05, 4.69) is 72.3 Å². The minimum absolute atomic E-state index is 0. The molecule has 0 aromatic carbocycles. The fraction of sp³-hybridized carbons (Fsp3) is 0.583. The van der Waals surface area contributed by atoms with Crippen LogP contribution in [-0.4, -0.2) is 244 Å². The summed E-state index contributed by atoms with van der Waals surface area (Å²) in [4.78, 5) is 84.0. The van der Waals surface area contributed by atoms with E-state index in [1.54, 1.807) is 16.1 Å². The fourth-order valence-electron chi connectivity index (χ4n) is 15.5. The highest BCUT2D eigenvalue weighted by atomic mass is 32.2. The van der Waals surface area contributed by atoms with Crippen LogP contribution in [0.1, 0.15) is 159 Å². The van der Waals surface area contributed by atoms with Gasteiger partial charge < -0.3 is 36.0 Å². The predicted molar refractivity (Wildman–Crippen MR) is 453 cm³/mol. The SMILES string of the molecule is C.C=CCN(C1CCC1)N1C(=O)C(C2=NS(=O)(=O)c3c(CNS(C)(=O)=O)csc3N2)=C(O)C2CCCC21.C=CCN(NC1CCCC1C(=O)OCC)C1CCC1.CN1C(=O)CC(=O)N(C)C1=O.CS(=O)(=O)NCc1csc2c1S(=O)(=O)N=C(C1=C(O)C3CCCC3N(NC3CCC3)C1=O)N2.CS(=O)(=O)NCc1csc2c1S(=O)(=O)N=C(CC(=O)O)N2. The van der Waals surface area contributed by atoms with E-state index in [0.717, 1.165) is 153 Å². The van der Waals surface area contributed by atoms with Crippen LogP contribution in [0.2, 0.25) is 0 Å². The number of aliphatic hydroxyl groups is 2. The third kappa shape index (κ3) is 22.2. The second-order valence-electron chi connectivity index (χ2n) is 30.5. The molecule has 6 aliphatic heterocycles. The molecule has 0 spiro atoms. The number of sulfonamides is 6. The molecule has 6 amide bonds. The van der Waals surface area contributed by atoms with E-state index in [1.807, 2.05) is 18.0 Å². The van der Waals surface area contributed by atoms with Gasteiger partial charge in [0.25, 0.3) is 41.9 Å². The van der Waals surface area contributed by atoms with Gasteiger partial charge in [-0.2, -0.15) is 25.3 Å². The van der Waals surface area contributed by atoms with Crippen LogP contribution in [0.15, 0.2) is 92.0 Å². The number of hydrogen-bond acceptors (Lipinski definition) is 32. The van der Waals surface area contributed by atoms with E-state index >= 15 is 0 Å². The summed E-state index contributed by atoms with van der Waals surface area (Å²) in [6.07, 6.45) is 23.3. The number of carboxylic acid groups (broad SMARTS) is 1. The molecule has 6 atom stereocenters. The number of amides is 6. The number of urea groups is 1. The van der Waals surface area contributed by atoms with Gasteiger partial charge in [-0.15, -0.1) is 60.4 Å². The Morgan fingerprint density at radius 1 is 0.595 bits per heavy atom. The van der Waals surface area contributed by atoms with Crippen molar-refractivity contribution in [3.63, 3.8) is 0 Å². The lowest BCUT2D eigenvalue weighted by molar-refractivity contribution is -0.164. The summed E-state index contributed by atoms with van der Waals surface area (Å²) in [6.45, 7) is 10.7. The number of carbonyl (C=O) groups is 7. The molecular formula is C72H103N17O23S9. The highest BCUT2D eigenvalue weighted by molar-refractivity contribution is 7.91. The van der Waals surface area contributed by atoms with Gasteiger partial charge in [-0.05, 0) is 100 Å². The molecule has 15 rings (SSSR count). The zero-order valence-corrected chi connectivity index (χ0v) is 73.9. The van der Waals surface area contributed by atoms with Crippen LogP contribution < -0.4 is 41.0 Å². The average Bonchev–Trinajstić information content (AvgIpc) is 1.68. The maximum Gasteiger partial charge on any atom is 0.332 e.